The summed E-state index contributed by atoms with van der Waals surface area (Å²) in [7, 11) is 0. The molecule has 2 heterocycles. The van der Waals surface area contributed by atoms with Crippen LogP contribution in [0.1, 0.15) is 34.2 Å². The summed E-state index contributed by atoms with van der Waals surface area (Å²) in [5.41, 5.74) is 5.73. The molecule has 0 aliphatic heterocycles. The first-order chi connectivity index (χ1) is 14.1. The predicted molar refractivity (Wildman–Crippen MR) is 110 cm³/mol. The second kappa shape index (κ2) is 7.83. The smallest absolute Gasteiger partial charge is 0.254 e. The predicted octanol–water partition coefficient (Wildman–Crippen LogP) is 4.34. The Morgan fingerprint density at radius 1 is 1.10 bits per heavy atom. The van der Waals surface area contributed by atoms with Crippen molar-refractivity contribution in [1.82, 2.24) is 19.9 Å². The van der Waals surface area contributed by atoms with Gasteiger partial charge >= 0.3 is 0 Å². The lowest BCUT2D eigenvalue weighted by Gasteiger charge is -2.11. The maximum absolute atomic E-state index is 13.0. The molecule has 1 N–H and O–H groups in total. The van der Waals surface area contributed by atoms with E-state index in [2.05, 4.69) is 15.4 Å². The average molecular weight is 388 g/mol. The second-order valence-corrected chi connectivity index (χ2v) is 6.84. The fourth-order valence-corrected chi connectivity index (χ4v) is 3.49. The van der Waals surface area contributed by atoms with E-state index in [9.17, 15) is 9.18 Å². The van der Waals surface area contributed by atoms with Crippen molar-refractivity contribution in [2.75, 3.05) is 0 Å². The van der Waals surface area contributed by atoms with Gasteiger partial charge in [-0.3, -0.25) is 4.79 Å². The van der Waals surface area contributed by atoms with Crippen LogP contribution < -0.4 is 5.32 Å². The van der Waals surface area contributed by atoms with Crippen molar-refractivity contribution in [3.63, 3.8) is 0 Å². The maximum Gasteiger partial charge on any atom is 0.254 e. The van der Waals surface area contributed by atoms with Crippen LogP contribution in [0.25, 0.3) is 16.8 Å². The number of halogens is 1. The summed E-state index contributed by atoms with van der Waals surface area (Å²) in [5.74, 6) is -0.527. The van der Waals surface area contributed by atoms with Crippen molar-refractivity contribution < 1.29 is 9.18 Å². The fraction of sp³-hybridized carbons (Fsp3) is 0.174. The van der Waals surface area contributed by atoms with Gasteiger partial charge < -0.3 is 5.32 Å². The molecule has 0 unspecified atom stereocenters. The molecule has 1 amide bonds. The number of carbonyl (C=O) groups is 1. The van der Waals surface area contributed by atoms with Crippen LogP contribution in [0.15, 0.2) is 60.8 Å². The molecule has 0 aliphatic carbocycles. The van der Waals surface area contributed by atoms with Gasteiger partial charge in [-0.2, -0.15) is 5.10 Å². The van der Waals surface area contributed by atoms with Gasteiger partial charge in [0, 0.05) is 18.3 Å². The minimum absolute atomic E-state index is 0.227. The Morgan fingerprint density at radius 2 is 1.83 bits per heavy atom. The number of rotatable bonds is 5. The Bertz CT molecular complexity index is 1170. The van der Waals surface area contributed by atoms with Gasteiger partial charge in [0.25, 0.3) is 5.91 Å². The van der Waals surface area contributed by atoms with Gasteiger partial charge in [0.15, 0.2) is 5.65 Å². The monoisotopic (exact) mass is 388 g/mol. The number of hydrogen-bond acceptors (Lipinski definition) is 3. The van der Waals surface area contributed by atoms with E-state index in [4.69, 9.17) is 0 Å². The first-order valence-corrected chi connectivity index (χ1v) is 9.53. The topological polar surface area (TPSA) is 59.3 Å². The summed E-state index contributed by atoms with van der Waals surface area (Å²) in [6.07, 6.45) is 2.25. The van der Waals surface area contributed by atoms with E-state index in [1.54, 1.807) is 22.8 Å². The molecule has 4 rings (SSSR count). The molecular weight excluding hydrogens is 367 g/mol. The Balaban J connectivity index is 1.68. The summed E-state index contributed by atoms with van der Waals surface area (Å²) in [6, 6.07) is 16.1. The fourth-order valence-electron chi connectivity index (χ4n) is 3.49. The molecule has 146 valence electrons. The number of aromatic nitrogens is 3. The highest BCUT2D eigenvalue weighted by Crippen LogP contribution is 2.28. The van der Waals surface area contributed by atoms with Gasteiger partial charge in [-0.25, -0.2) is 13.9 Å². The van der Waals surface area contributed by atoms with Gasteiger partial charge in [0.2, 0.25) is 0 Å². The van der Waals surface area contributed by atoms with Crippen LogP contribution in [0.4, 0.5) is 4.39 Å². The summed E-state index contributed by atoms with van der Waals surface area (Å²) >= 11 is 0. The van der Waals surface area contributed by atoms with Crippen molar-refractivity contribution >= 4 is 11.6 Å². The largest absolute Gasteiger partial charge is 0.348 e. The minimum Gasteiger partial charge on any atom is -0.348 e. The first-order valence-electron chi connectivity index (χ1n) is 9.53. The third kappa shape index (κ3) is 3.61. The lowest BCUT2D eigenvalue weighted by atomic mass is 10.1. The molecule has 0 radical (unpaired) electrons. The van der Waals surface area contributed by atoms with Gasteiger partial charge in [-0.1, -0.05) is 49.4 Å². The zero-order valence-corrected chi connectivity index (χ0v) is 16.3. The lowest BCUT2D eigenvalue weighted by Crippen LogP contribution is -2.25. The summed E-state index contributed by atoms with van der Waals surface area (Å²) in [5, 5.41) is 7.55. The Hall–Kier alpha value is -3.54. The summed E-state index contributed by atoms with van der Waals surface area (Å²) < 4.78 is 14.8. The van der Waals surface area contributed by atoms with Crippen LogP contribution in [-0.2, 0) is 13.0 Å². The van der Waals surface area contributed by atoms with Crippen LogP contribution >= 0.6 is 0 Å². The maximum atomic E-state index is 13.0. The van der Waals surface area contributed by atoms with Crippen LogP contribution in [0, 0.1) is 12.7 Å². The van der Waals surface area contributed by atoms with Crippen molar-refractivity contribution in [3.8, 4) is 11.1 Å². The third-order valence-corrected chi connectivity index (χ3v) is 4.93. The third-order valence-electron chi connectivity index (χ3n) is 4.93. The number of aryl methyl sites for hydroxylation is 2. The second-order valence-electron chi connectivity index (χ2n) is 6.84. The molecule has 29 heavy (non-hydrogen) atoms. The standard InChI is InChI=1S/C23H21FN4O/c1-3-20-19(23(29)26-13-16-9-11-18(24)12-10-16)14-25-22-21(15(2)27-28(20)22)17-7-5-4-6-8-17/h4-12,14H,3,13H2,1-2H3,(H,26,29). The van der Waals surface area contributed by atoms with Crippen molar-refractivity contribution in [2.24, 2.45) is 0 Å². The molecule has 0 spiro atoms. The summed E-state index contributed by atoms with van der Waals surface area (Å²) in [4.78, 5) is 17.4. The number of hydrogen-bond donors (Lipinski definition) is 1. The van der Waals surface area contributed by atoms with Gasteiger partial charge in [-0.15, -0.1) is 0 Å². The molecule has 2 aromatic carbocycles. The number of nitrogens with zero attached hydrogens (tertiary/aromatic N) is 3. The van der Waals surface area contributed by atoms with Gasteiger partial charge in [0.05, 0.1) is 17.0 Å². The molecule has 0 saturated carbocycles. The zero-order chi connectivity index (χ0) is 20.4. The minimum atomic E-state index is -0.300. The van der Waals surface area contributed by atoms with Crippen molar-refractivity contribution in [3.05, 3.63) is 89.1 Å². The highest BCUT2D eigenvalue weighted by atomic mass is 19.1. The highest BCUT2D eigenvalue weighted by molar-refractivity contribution is 5.95. The van der Waals surface area contributed by atoms with Gasteiger partial charge in [0.1, 0.15) is 5.82 Å². The van der Waals surface area contributed by atoms with E-state index < -0.39 is 0 Å². The van der Waals surface area contributed by atoms with Crippen LogP contribution in [0.3, 0.4) is 0 Å². The normalized spacial score (nSPS) is 11.0. The number of carbonyl (C=O) groups excluding carboxylic acids is 1. The number of fused-ring (bicyclic) bond motifs is 1. The Labute approximate surface area is 168 Å². The lowest BCUT2D eigenvalue weighted by molar-refractivity contribution is 0.0949. The molecule has 0 aliphatic rings. The molecule has 5 nitrogen and oxygen atoms in total. The number of benzene rings is 2. The molecule has 0 saturated heterocycles. The Kier molecular flexibility index (Phi) is 5.08. The van der Waals surface area contributed by atoms with E-state index in [0.29, 0.717) is 18.5 Å². The molecule has 6 heteroatoms. The molecule has 4 aromatic rings. The van der Waals surface area contributed by atoms with E-state index in [1.807, 2.05) is 44.2 Å². The quantitative estimate of drug-likeness (QED) is 0.553. The Morgan fingerprint density at radius 3 is 2.52 bits per heavy atom. The zero-order valence-electron chi connectivity index (χ0n) is 16.3. The van der Waals surface area contributed by atoms with Gasteiger partial charge in [-0.05, 0) is 36.6 Å². The number of amides is 1. The molecule has 0 bridgehead atoms. The first kappa shape index (κ1) is 18.8. The van der Waals surface area contributed by atoms with Crippen LogP contribution in [0.5, 0.6) is 0 Å². The average Bonchev–Trinajstić information content (AvgIpc) is 3.08. The van der Waals surface area contributed by atoms with Crippen LogP contribution in [0.2, 0.25) is 0 Å². The summed E-state index contributed by atoms with van der Waals surface area (Å²) in [6.45, 7) is 4.25. The van der Waals surface area contributed by atoms with E-state index in [1.165, 1.54) is 12.1 Å². The molecular formula is C23H21FN4O. The molecule has 0 fully saturated rings. The molecule has 0 atom stereocenters. The highest BCUT2D eigenvalue weighted by Gasteiger charge is 2.19. The van der Waals surface area contributed by atoms with Crippen molar-refractivity contribution in [1.29, 1.82) is 0 Å². The van der Waals surface area contributed by atoms with E-state index in [0.717, 1.165) is 33.7 Å². The van der Waals surface area contributed by atoms with Crippen molar-refractivity contribution in [2.45, 2.75) is 26.8 Å². The SMILES string of the molecule is CCc1c(C(=O)NCc2ccc(F)cc2)cnc2c(-c3ccccc3)c(C)nn12. The van der Waals surface area contributed by atoms with E-state index >= 15 is 0 Å². The molecule has 2 aromatic heterocycles. The van der Waals surface area contributed by atoms with Crippen LogP contribution in [-0.4, -0.2) is 20.5 Å². The van der Waals surface area contributed by atoms with E-state index in [-0.39, 0.29) is 11.7 Å². The number of nitrogens with one attached hydrogen (secondary N) is 1.